The minimum Gasteiger partial charge on any atom is -0.493 e. The molecule has 1 aromatic carbocycles. The lowest BCUT2D eigenvalue weighted by molar-refractivity contribution is -0.000403. The van der Waals surface area contributed by atoms with Crippen LogP contribution in [0.25, 0.3) is 0 Å². The molecule has 2 heterocycles. The predicted molar refractivity (Wildman–Crippen MR) is 78.9 cm³/mol. The Kier molecular flexibility index (Phi) is 3.77. The van der Waals surface area contributed by atoms with Gasteiger partial charge in [-0.1, -0.05) is 0 Å². The second-order valence-electron chi connectivity index (χ2n) is 5.01. The lowest BCUT2D eigenvalue weighted by atomic mass is 9.94. The summed E-state index contributed by atoms with van der Waals surface area (Å²) < 4.78 is 12.8. The van der Waals surface area contributed by atoms with Crippen LogP contribution in [0.3, 0.4) is 0 Å². The molecule has 0 aromatic heterocycles. The van der Waals surface area contributed by atoms with Gasteiger partial charge >= 0.3 is 0 Å². The summed E-state index contributed by atoms with van der Waals surface area (Å²) in [5.41, 5.74) is 8.82. The molecule has 0 bridgehead atoms. The zero-order valence-electron chi connectivity index (χ0n) is 10.3. The second-order valence-corrected chi connectivity index (χ2v) is 6.26. The number of nitrogens with two attached hydrogens (primary N) is 1. The summed E-state index contributed by atoms with van der Waals surface area (Å²) >= 11 is 2.35. The van der Waals surface area contributed by atoms with E-state index >= 15 is 0 Å². The third-order valence-electron chi connectivity index (χ3n) is 3.75. The van der Waals surface area contributed by atoms with Crippen LogP contribution in [-0.4, -0.2) is 19.3 Å². The van der Waals surface area contributed by atoms with Crippen LogP contribution in [0, 0.1) is 3.57 Å². The molecule has 1 aromatic rings. The van der Waals surface area contributed by atoms with Gasteiger partial charge in [0.05, 0.1) is 18.8 Å². The predicted octanol–water partition coefficient (Wildman–Crippen LogP) is 2.80. The Morgan fingerprint density at radius 2 is 2.17 bits per heavy atom. The van der Waals surface area contributed by atoms with Crippen molar-refractivity contribution in [3.8, 4) is 5.75 Å². The van der Waals surface area contributed by atoms with Crippen molar-refractivity contribution in [1.29, 1.82) is 0 Å². The van der Waals surface area contributed by atoms with E-state index in [2.05, 4.69) is 34.7 Å². The number of ether oxygens (including phenoxy) is 2. The fraction of sp³-hybridized carbons (Fsp3) is 0.571. The monoisotopic (exact) mass is 359 g/mol. The minimum absolute atomic E-state index is 0.0631. The second kappa shape index (κ2) is 5.35. The molecule has 1 saturated heterocycles. The lowest BCUT2D eigenvalue weighted by Gasteiger charge is -2.29. The smallest absolute Gasteiger partial charge is 0.127 e. The van der Waals surface area contributed by atoms with Gasteiger partial charge in [-0.2, -0.15) is 0 Å². The first-order valence-corrected chi connectivity index (χ1v) is 7.66. The molecule has 18 heavy (non-hydrogen) atoms. The standard InChI is InChI=1S/C14H18INO2/c15-10-7-9-4-6-18-14(9)11(8-10)13(16)12-3-1-2-5-17-12/h7-8,12-13H,1-6,16H2. The van der Waals surface area contributed by atoms with Gasteiger partial charge in [0.2, 0.25) is 0 Å². The van der Waals surface area contributed by atoms with E-state index in [0.717, 1.165) is 43.8 Å². The Bertz CT molecular complexity index is 444. The first-order chi connectivity index (χ1) is 8.75. The van der Waals surface area contributed by atoms with Crippen LogP contribution < -0.4 is 10.5 Å². The molecular formula is C14H18INO2. The molecule has 3 nitrogen and oxygen atoms in total. The van der Waals surface area contributed by atoms with Crippen LogP contribution in [0.5, 0.6) is 5.75 Å². The van der Waals surface area contributed by atoms with Crippen LogP contribution in [0.4, 0.5) is 0 Å². The lowest BCUT2D eigenvalue weighted by Crippen LogP contribution is -2.32. The van der Waals surface area contributed by atoms with E-state index in [-0.39, 0.29) is 12.1 Å². The van der Waals surface area contributed by atoms with Gasteiger partial charge < -0.3 is 15.2 Å². The Labute approximate surface area is 121 Å². The largest absolute Gasteiger partial charge is 0.493 e. The van der Waals surface area contributed by atoms with Gasteiger partial charge in [-0.3, -0.25) is 0 Å². The quantitative estimate of drug-likeness (QED) is 0.826. The summed E-state index contributed by atoms with van der Waals surface area (Å²) in [7, 11) is 0. The Morgan fingerprint density at radius 3 is 2.94 bits per heavy atom. The van der Waals surface area contributed by atoms with Gasteiger partial charge in [0.15, 0.2) is 0 Å². The van der Waals surface area contributed by atoms with Crippen molar-refractivity contribution in [3.63, 3.8) is 0 Å². The maximum absolute atomic E-state index is 6.40. The van der Waals surface area contributed by atoms with Gasteiger partial charge in [0.25, 0.3) is 0 Å². The minimum atomic E-state index is -0.0631. The summed E-state index contributed by atoms with van der Waals surface area (Å²) in [5.74, 6) is 1.01. The van der Waals surface area contributed by atoms with E-state index in [0.29, 0.717) is 0 Å². The summed E-state index contributed by atoms with van der Waals surface area (Å²) in [6, 6.07) is 4.28. The third kappa shape index (κ3) is 2.38. The molecule has 2 aliphatic rings. The molecule has 3 rings (SSSR count). The Hall–Kier alpha value is -0.330. The average Bonchev–Trinajstić information content (AvgIpc) is 2.86. The van der Waals surface area contributed by atoms with Crippen LogP contribution in [-0.2, 0) is 11.2 Å². The fourth-order valence-electron chi connectivity index (χ4n) is 2.79. The van der Waals surface area contributed by atoms with E-state index in [4.69, 9.17) is 15.2 Å². The third-order valence-corrected chi connectivity index (χ3v) is 4.37. The van der Waals surface area contributed by atoms with E-state index in [1.807, 2.05) is 0 Å². The van der Waals surface area contributed by atoms with Crippen LogP contribution >= 0.6 is 22.6 Å². The normalized spacial score (nSPS) is 24.4. The van der Waals surface area contributed by atoms with Gasteiger partial charge in [-0.05, 0) is 59.5 Å². The SMILES string of the molecule is NC(c1cc(I)cc2c1OCC2)C1CCCCO1. The molecule has 2 N–H and O–H groups in total. The molecule has 4 heteroatoms. The molecular weight excluding hydrogens is 341 g/mol. The zero-order chi connectivity index (χ0) is 12.5. The van der Waals surface area contributed by atoms with E-state index in [9.17, 15) is 0 Å². The zero-order valence-corrected chi connectivity index (χ0v) is 12.5. The van der Waals surface area contributed by atoms with E-state index in [1.165, 1.54) is 15.6 Å². The van der Waals surface area contributed by atoms with Crippen molar-refractivity contribution >= 4 is 22.6 Å². The maximum Gasteiger partial charge on any atom is 0.127 e. The summed E-state index contributed by atoms with van der Waals surface area (Å²) in [4.78, 5) is 0. The molecule has 98 valence electrons. The number of hydrogen-bond donors (Lipinski definition) is 1. The highest BCUT2D eigenvalue weighted by Crippen LogP contribution is 2.37. The molecule has 0 radical (unpaired) electrons. The first-order valence-electron chi connectivity index (χ1n) is 6.58. The van der Waals surface area contributed by atoms with Crippen molar-refractivity contribution in [1.82, 2.24) is 0 Å². The molecule has 0 spiro atoms. The van der Waals surface area contributed by atoms with Gasteiger partial charge in [-0.25, -0.2) is 0 Å². The molecule has 2 aliphatic heterocycles. The topological polar surface area (TPSA) is 44.5 Å². The molecule has 0 saturated carbocycles. The maximum atomic E-state index is 6.40. The highest BCUT2D eigenvalue weighted by atomic mass is 127. The average molecular weight is 359 g/mol. The molecule has 2 atom stereocenters. The summed E-state index contributed by atoms with van der Waals surface area (Å²) in [5, 5.41) is 0. The van der Waals surface area contributed by atoms with Crippen LogP contribution in [0.2, 0.25) is 0 Å². The summed E-state index contributed by atoms with van der Waals surface area (Å²) in [6.45, 7) is 1.62. The van der Waals surface area contributed by atoms with Gasteiger partial charge in [0, 0.05) is 22.2 Å². The van der Waals surface area contributed by atoms with Crippen molar-refractivity contribution in [2.75, 3.05) is 13.2 Å². The van der Waals surface area contributed by atoms with E-state index < -0.39 is 0 Å². The van der Waals surface area contributed by atoms with E-state index in [1.54, 1.807) is 0 Å². The summed E-state index contributed by atoms with van der Waals surface area (Å²) in [6.07, 6.45) is 4.57. The van der Waals surface area contributed by atoms with Crippen molar-refractivity contribution in [2.24, 2.45) is 5.73 Å². The van der Waals surface area contributed by atoms with Gasteiger partial charge in [-0.15, -0.1) is 0 Å². The molecule has 2 unspecified atom stereocenters. The number of rotatable bonds is 2. The highest BCUT2D eigenvalue weighted by Gasteiger charge is 2.28. The van der Waals surface area contributed by atoms with Crippen molar-refractivity contribution < 1.29 is 9.47 Å². The van der Waals surface area contributed by atoms with Crippen molar-refractivity contribution in [3.05, 3.63) is 26.8 Å². The highest BCUT2D eigenvalue weighted by molar-refractivity contribution is 14.1. The number of hydrogen-bond acceptors (Lipinski definition) is 3. The van der Waals surface area contributed by atoms with Gasteiger partial charge in [0.1, 0.15) is 5.75 Å². The van der Waals surface area contributed by atoms with Crippen LogP contribution in [0.15, 0.2) is 12.1 Å². The molecule has 1 fully saturated rings. The Morgan fingerprint density at radius 1 is 1.28 bits per heavy atom. The molecule has 0 amide bonds. The Balaban J connectivity index is 1.91. The number of benzene rings is 1. The fourth-order valence-corrected chi connectivity index (χ4v) is 3.51. The molecule has 0 aliphatic carbocycles. The first kappa shape index (κ1) is 12.7. The van der Waals surface area contributed by atoms with Crippen molar-refractivity contribution in [2.45, 2.75) is 37.8 Å². The number of halogens is 1. The van der Waals surface area contributed by atoms with Crippen LogP contribution in [0.1, 0.15) is 36.4 Å². The number of fused-ring (bicyclic) bond motifs is 1.